The Morgan fingerprint density at radius 1 is 1.00 bits per heavy atom. The molecule has 2 nitrogen and oxygen atoms in total. The van der Waals surface area contributed by atoms with Crippen LogP contribution in [-0.2, 0) is 4.74 Å². The molecule has 0 spiro atoms. The number of carbonyl (C=O) groups is 1. The smallest absolute Gasteiger partial charge is 0.338 e. The number of carbonyl (C=O) groups excluding carboxylic acids is 1. The molecular weight excluding hydrogens is 260 g/mol. The fourth-order valence-electron chi connectivity index (χ4n) is 2.35. The zero-order valence-electron chi connectivity index (χ0n) is 10.3. The second kappa shape index (κ2) is 4.56. The van der Waals surface area contributed by atoms with Crippen molar-refractivity contribution in [1.82, 2.24) is 0 Å². The highest BCUT2D eigenvalue weighted by Gasteiger charge is 2.11. The number of fused-ring (bicyclic) bond motifs is 3. The monoisotopic (exact) mass is 270 g/mol. The molecule has 3 rings (SSSR count). The summed E-state index contributed by atoms with van der Waals surface area (Å²) in [6.45, 7) is 0. The van der Waals surface area contributed by atoms with Crippen molar-refractivity contribution in [3.8, 4) is 0 Å². The van der Waals surface area contributed by atoms with Crippen molar-refractivity contribution in [2.75, 3.05) is 7.11 Å². The van der Waals surface area contributed by atoms with Crippen molar-refractivity contribution in [2.24, 2.45) is 0 Å². The highest BCUT2D eigenvalue weighted by atomic mass is 35.5. The largest absolute Gasteiger partial charge is 0.465 e. The van der Waals surface area contributed by atoms with Crippen LogP contribution in [0.25, 0.3) is 21.5 Å². The normalized spacial score (nSPS) is 10.8. The van der Waals surface area contributed by atoms with Gasteiger partial charge >= 0.3 is 5.97 Å². The number of halogens is 1. The van der Waals surface area contributed by atoms with E-state index in [1.54, 1.807) is 6.07 Å². The molecule has 0 aliphatic rings. The maximum absolute atomic E-state index is 11.8. The molecule has 0 unspecified atom stereocenters. The molecule has 0 fully saturated rings. The van der Waals surface area contributed by atoms with E-state index in [0.29, 0.717) is 10.6 Å². The third-order valence-electron chi connectivity index (χ3n) is 3.25. The molecular formula is C16H11ClO2. The van der Waals surface area contributed by atoms with E-state index in [9.17, 15) is 4.79 Å². The van der Waals surface area contributed by atoms with Gasteiger partial charge in [-0.15, -0.1) is 0 Å². The Hall–Kier alpha value is -2.06. The average Bonchev–Trinajstić information content (AvgIpc) is 2.45. The lowest BCUT2D eigenvalue weighted by atomic mass is 9.98. The van der Waals surface area contributed by atoms with Crippen molar-refractivity contribution in [3.05, 3.63) is 59.1 Å². The number of methoxy groups -OCH3 is 1. The summed E-state index contributed by atoms with van der Waals surface area (Å²) in [5.41, 5.74) is 0.571. The van der Waals surface area contributed by atoms with Gasteiger partial charge in [0, 0.05) is 5.02 Å². The SMILES string of the molecule is COC(=O)c1cccc2c1ccc1ccc(Cl)cc12. The van der Waals surface area contributed by atoms with Crippen molar-refractivity contribution in [3.63, 3.8) is 0 Å². The van der Waals surface area contributed by atoms with E-state index in [4.69, 9.17) is 16.3 Å². The highest BCUT2D eigenvalue weighted by molar-refractivity contribution is 6.32. The van der Waals surface area contributed by atoms with Crippen LogP contribution in [0.15, 0.2) is 48.5 Å². The molecule has 0 saturated carbocycles. The molecule has 0 N–H and O–H groups in total. The molecule has 0 aromatic heterocycles. The van der Waals surface area contributed by atoms with Crippen LogP contribution in [0.1, 0.15) is 10.4 Å². The van der Waals surface area contributed by atoms with E-state index in [1.807, 2.05) is 42.5 Å². The Labute approximate surface area is 115 Å². The molecule has 3 aromatic carbocycles. The molecule has 3 aromatic rings. The van der Waals surface area contributed by atoms with Gasteiger partial charge in [0.2, 0.25) is 0 Å². The first-order valence-electron chi connectivity index (χ1n) is 5.90. The number of esters is 1. The predicted molar refractivity (Wildman–Crippen MR) is 77.8 cm³/mol. The van der Waals surface area contributed by atoms with Crippen LogP contribution in [0, 0.1) is 0 Å². The Kier molecular flexibility index (Phi) is 2.88. The summed E-state index contributed by atoms with van der Waals surface area (Å²) in [6, 6.07) is 15.3. The summed E-state index contributed by atoms with van der Waals surface area (Å²) in [6.07, 6.45) is 0. The van der Waals surface area contributed by atoms with Gasteiger partial charge in [0.1, 0.15) is 0 Å². The zero-order chi connectivity index (χ0) is 13.4. The maximum Gasteiger partial charge on any atom is 0.338 e. The first-order valence-corrected chi connectivity index (χ1v) is 6.28. The third kappa shape index (κ3) is 1.94. The second-order valence-electron chi connectivity index (χ2n) is 4.32. The summed E-state index contributed by atoms with van der Waals surface area (Å²) in [5.74, 6) is -0.327. The van der Waals surface area contributed by atoms with Gasteiger partial charge in [-0.3, -0.25) is 0 Å². The first-order chi connectivity index (χ1) is 9.20. The van der Waals surface area contributed by atoms with E-state index in [0.717, 1.165) is 21.5 Å². The second-order valence-corrected chi connectivity index (χ2v) is 4.76. The first kappa shape index (κ1) is 12.0. The number of rotatable bonds is 1. The average molecular weight is 271 g/mol. The summed E-state index contributed by atoms with van der Waals surface area (Å²) in [5, 5.41) is 4.70. The lowest BCUT2D eigenvalue weighted by Crippen LogP contribution is -2.01. The Morgan fingerprint density at radius 2 is 1.79 bits per heavy atom. The molecule has 0 saturated heterocycles. The molecule has 94 valence electrons. The molecule has 0 bridgehead atoms. The van der Waals surface area contributed by atoms with Crippen molar-refractivity contribution >= 4 is 39.1 Å². The van der Waals surface area contributed by atoms with Gasteiger partial charge < -0.3 is 4.74 Å². The van der Waals surface area contributed by atoms with Crippen LogP contribution in [0.2, 0.25) is 5.02 Å². The Balaban J connectivity index is 2.43. The van der Waals surface area contributed by atoms with Crippen LogP contribution in [0.4, 0.5) is 0 Å². The van der Waals surface area contributed by atoms with E-state index in [2.05, 4.69) is 0 Å². The maximum atomic E-state index is 11.8. The van der Waals surface area contributed by atoms with Gasteiger partial charge in [-0.05, 0) is 39.7 Å². The lowest BCUT2D eigenvalue weighted by Gasteiger charge is -2.08. The lowest BCUT2D eigenvalue weighted by molar-refractivity contribution is 0.0603. The minimum atomic E-state index is -0.327. The number of ether oxygens (including phenoxy) is 1. The molecule has 0 aliphatic carbocycles. The zero-order valence-corrected chi connectivity index (χ0v) is 11.1. The summed E-state index contributed by atoms with van der Waals surface area (Å²) < 4.78 is 4.82. The van der Waals surface area contributed by atoms with Crippen LogP contribution in [0.5, 0.6) is 0 Å². The molecule has 0 atom stereocenters. The summed E-state index contributed by atoms with van der Waals surface area (Å²) in [4.78, 5) is 11.8. The highest BCUT2D eigenvalue weighted by Crippen LogP contribution is 2.29. The van der Waals surface area contributed by atoms with Crippen molar-refractivity contribution in [1.29, 1.82) is 0 Å². The number of hydrogen-bond acceptors (Lipinski definition) is 2. The standard InChI is InChI=1S/C16H11ClO2/c1-19-16(18)14-4-2-3-12-13(14)8-6-10-5-7-11(17)9-15(10)12/h2-9H,1H3. The van der Waals surface area contributed by atoms with Crippen LogP contribution >= 0.6 is 11.6 Å². The van der Waals surface area contributed by atoms with Crippen molar-refractivity contribution < 1.29 is 9.53 Å². The topological polar surface area (TPSA) is 26.3 Å². The number of benzene rings is 3. The van der Waals surface area contributed by atoms with Gasteiger partial charge in [-0.2, -0.15) is 0 Å². The van der Waals surface area contributed by atoms with Gasteiger partial charge in [0.15, 0.2) is 0 Å². The minimum Gasteiger partial charge on any atom is -0.465 e. The number of hydrogen-bond donors (Lipinski definition) is 0. The van der Waals surface area contributed by atoms with E-state index in [1.165, 1.54) is 7.11 Å². The van der Waals surface area contributed by atoms with Crippen LogP contribution in [0.3, 0.4) is 0 Å². The van der Waals surface area contributed by atoms with Gasteiger partial charge in [-0.1, -0.05) is 41.9 Å². The molecule has 0 amide bonds. The van der Waals surface area contributed by atoms with Gasteiger partial charge in [0.25, 0.3) is 0 Å². The van der Waals surface area contributed by atoms with Gasteiger partial charge in [0.05, 0.1) is 12.7 Å². The molecule has 0 heterocycles. The molecule has 0 radical (unpaired) electrons. The molecule has 0 aliphatic heterocycles. The van der Waals surface area contributed by atoms with Gasteiger partial charge in [-0.25, -0.2) is 4.79 Å². The minimum absolute atomic E-state index is 0.327. The quantitative estimate of drug-likeness (QED) is 0.483. The van der Waals surface area contributed by atoms with Crippen LogP contribution in [-0.4, -0.2) is 13.1 Å². The summed E-state index contributed by atoms with van der Waals surface area (Å²) in [7, 11) is 1.39. The van der Waals surface area contributed by atoms with Crippen molar-refractivity contribution in [2.45, 2.75) is 0 Å². The van der Waals surface area contributed by atoms with E-state index < -0.39 is 0 Å². The summed E-state index contributed by atoms with van der Waals surface area (Å²) >= 11 is 6.06. The fourth-order valence-corrected chi connectivity index (χ4v) is 2.52. The Bertz CT molecular complexity index is 793. The van der Waals surface area contributed by atoms with E-state index >= 15 is 0 Å². The fraction of sp³-hybridized carbons (Fsp3) is 0.0625. The van der Waals surface area contributed by atoms with Crippen LogP contribution < -0.4 is 0 Å². The van der Waals surface area contributed by atoms with E-state index in [-0.39, 0.29) is 5.97 Å². The Morgan fingerprint density at radius 3 is 2.58 bits per heavy atom. The molecule has 3 heteroatoms. The predicted octanol–water partition coefficient (Wildman–Crippen LogP) is 4.43. The third-order valence-corrected chi connectivity index (χ3v) is 3.48. The molecule has 19 heavy (non-hydrogen) atoms.